The lowest BCUT2D eigenvalue weighted by Crippen LogP contribution is -2.48. The summed E-state index contributed by atoms with van der Waals surface area (Å²) in [5.74, 6) is 0.333. The van der Waals surface area contributed by atoms with Crippen molar-refractivity contribution < 1.29 is 4.79 Å². The first kappa shape index (κ1) is 16.8. The lowest BCUT2D eigenvalue weighted by Gasteiger charge is -2.36. The average molecular weight is 295 g/mol. The summed E-state index contributed by atoms with van der Waals surface area (Å²) in [6.45, 7) is 9.93. The van der Waals surface area contributed by atoms with Crippen LogP contribution >= 0.6 is 0 Å². The summed E-state index contributed by atoms with van der Waals surface area (Å²) in [6.07, 6.45) is 8.51. The second kappa shape index (κ2) is 8.14. The number of carbonyl (C=O) groups excluding carboxylic acids is 1. The summed E-state index contributed by atoms with van der Waals surface area (Å²) in [7, 11) is 0. The molecule has 2 aliphatic rings. The molecule has 2 rings (SSSR count). The molecule has 0 aromatic carbocycles. The maximum absolute atomic E-state index is 12.6. The maximum Gasteiger partial charge on any atom is 0.241 e. The minimum Gasteiger partial charge on any atom is -0.324 e. The van der Waals surface area contributed by atoms with Gasteiger partial charge in [-0.05, 0) is 45.7 Å². The van der Waals surface area contributed by atoms with Crippen LogP contribution in [0.5, 0.6) is 0 Å². The van der Waals surface area contributed by atoms with E-state index in [0.717, 1.165) is 32.2 Å². The Balaban J connectivity index is 1.91. The predicted molar refractivity (Wildman–Crippen MR) is 87.1 cm³/mol. The number of hydrogen-bond acceptors (Lipinski definition) is 3. The molecule has 2 aliphatic heterocycles. The van der Waals surface area contributed by atoms with Gasteiger partial charge in [0.15, 0.2) is 0 Å². The van der Waals surface area contributed by atoms with E-state index in [9.17, 15) is 4.79 Å². The molecule has 0 aliphatic carbocycles. The number of rotatable bonds is 7. The molecule has 3 unspecified atom stereocenters. The second-order valence-corrected chi connectivity index (χ2v) is 6.72. The fourth-order valence-electron chi connectivity index (χ4n) is 3.68. The zero-order valence-electron chi connectivity index (χ0n) is 14.1. The van der Waals surface area contributed by atoms with Crippen LogP contribution in [0.4, 0.5) is 0 Å². The Labute approximate surface area is 130 Å². The van der Waals surface area contributed by atoms with E-state index >= 15 is 0 Å². The number of carbonyl (C=O) groups is 1. The number of piperidine rings is 1. The molecule has 3 atom stereocenters. The summed E-state index contributed by atoms with van der Waals surface area (Å²) in [5.41, 5.74) is 0. The quantitative estimate of drug-likeness (QED) is 0.784. The molecule has 0 saturated carbocycles. The highest BCUT2D eigenvalue weighted by molar-refractivity contribution is 5.84. The monoisotopic (exact) mass is 295 g/mol. The molecule has 4 nitrogen and oxygen atoms in total. The normalized spacial score (nSPS) is 29.1. The first-order chi connectivity index (χ1) is 10.2. The van der Waals surface area contributed by atoms with E-state index in [0.29, 0.717) is 11.9 Å². The molecule has 1 amide bonds. The number of amides is 1. The SMILES string of the molecule is CCCCC1NC(CC)N(CC(C)N2CCCCC2)C1=O. The molecule has 122 valence electrons. The van der Waals surface area contributed by atoms with Gasteiger partial charge in [-0.15, -0.1) is 0 Å². The Bertz CT molecular complexity index is 328. The number of nitrogens with one attached hydrogen (secondary N) is 1. The first-order valence-corrected chi connectivity index (χ1v) is 8.98. The highest BCUT2D eigenvalue weighted by atomic mass is 16.2. The van der Waals surface area contributed by atoms with Crippen LogP contribution < -0.4 is 5.32 Å². The highest BCUT2D eigenvalue weighted by Gasteiger charge is 2.38. The highest BCUT2D eigenvalue weighted by Crippen LogP contribution is 2.20. The lowest BCUT2D eigenvalue weighted by molar-refractivity contribution is -0.131. The zero-order chi connectivity index (χ0) is 15.2. The van der Waals surface area contributed by atoms with Crippen molar-refractivity contribution in [2.45, 2.75) is 84.0 Å². The van der Waals surface area contributed by atoms with Crippen molar-refractivity contribution in [2.75, 3.05) is 19.6 Å². The first-order valence-electron chi connectivity index (χ1n) is 8.98. The molecule has 4 heteroatoms. The molecular formula is C17H33N3O. The van der Waals surface area contributed by atoms with Crippen LogP contribution in [0, 0.1) is 0 Å². The average Bonchev–Trinajstić information content (AvgIpc) is 2.82. The number of hydrogen-bond donors (Lipinski definition) is 1. The third kappa shape index (κ3) is 4.19. The Morgan fingerprint density at radius 3 is 2.57 bits per heavy atom. The van der Waals surface area contributed by atoms with Crippen molar-refractivity contribution in [3.05, 3.63) is 0 Å². The Morgan fingerprint density at radius 1 is 1.24 bits per heavy atom. The number of likely N-dealkylation sites (tertiary alicyclic amines) is 1. The van der Waals surface area contributed by atoms with E-state index in [1.54, 1.807) is 0 Å². The third-order valence-corrected chi connectivity index (χ3v) is 5.06. The van der Waals surface area contributed by atoms with Gasteiger partial charge in [0.05, 0.1) is 12.2 Å². The summed E-state index contributed by atoms with van der Waals surface area (Å²) in [5, 5.41) is 3.54. The summed E-state index contributed by atoms with van der Waals surface area (Å²) >= 11 is 0. The van der Waals surface area contributed by atoms with Gasteiger partial charge in [-0.25, -0.2) is 0 Å². The molecule has 0 aromatic rings. The van der Waals surface area contributed by atoms with Crippen molar-refractivity contribution in [3.8, 4) is 0 Å². The van der Waals surface area contributed by atoms with E-state index in [1.165, 1.54) is 32.4 Å². The van der Waals surface area contributed by atoms with Crippen molar-refractivity contribution in [1.29, 1.82) is 0 Å². The van der Waals surface area contributed by atoms with Gasteiger partial charge in [-0.1, -0.05) is 33.1 Å². The number of nitrogens with zero attached hydrogens (tertiary/aromatic N) is 2. The van der Waals surface area contributed by atoms with Gasteiger partial charge in [0.25, 0.3) is 0 Å². The maximum atomic E-state index is 12.6. The summed E-state index contributed by atoms with van der Waals surface area (Å²) in [6, 6.07) is 0.540. The lowest BCUT2D eigenvalue weighted by atomic mass is 10.1. The standard InChI is InChI=1S/C17H33N3O/c1-4-6-10-15-17(21)20(16(5-2)18-15)13-14(3)19-11-8-7-9-12-19/h14-16,18H,4-13H2,1-3H3. The van der Waals surface area contributed by atoms with E-state index in [-0.39, 0.29) is 12.2 Å². The van der Waals surface area contributed by atoms with Crippen molar-refractivity contribution >= 4 is 5.91 Å². The third-order valence-electron chi connectivity index (χ3n) is 5.06. The van der Waals surface area contributed by atoms with Crippen LogP contribution in [0.25, 0.3) is 0 Å². The molecule has 0 radical (unpaired) electrons. The van der Waals surface area contributed by atoms with Gasteiger partial charge in [-0.2, -0.15) is 0 Å². The van der Waals surface area contributed by atoms with Gasteiger partial charge in [0.1, 0.15) is 0 Å². The minimum absolute atomic E-state index is 0.0588. The number of unbranched alkanes of at least 4 members (excludes halogenated alkanes) is 1. The van der Waals surface area contributed by atoms with E-state index in [2.05, 4.69) is 35.9 Å². The molecule has 2 fully saturated rings. The van der Waals surface area contributed by atoms with Gasteiger partial charge < -0.3 is 4.90 Å². The van der Waals surface area contributed by atoms with Crippen molar-refractivity contribution in [1.82, 2.24) is 15.1 Å². The van der Waals surface area contributed by atoms with Crippen LogP contribution in [0.2, 0.25) is 0 Å². The molecule has 2 heterocycles. The van der Waals surface area contributed by atoms with Gasteiger partial charge in [0, 0.05) is 12.6 Å². The van der Waals surface area contributed by atoms with Crippen molar-refractivity contribution in [2.24, 2.45) is 0 Å². The molecular weight excluding hydrogens is 262 g/mol. The topological polar surface area (TPSA) is 35.6 Å². The van der Waals surface area contributed by atoms with Crippen LogP contribution in [-0.4, -0.2) is 53.6 Å². The van der Waals surface area contributed by atoms with Gasteiger partial charge in [0.2, 0.25) is 5.91 Å². The smallest absolute Gasteiger partial charge is 0.241 e. The van der Waals surface area contributed by atoms with E-state index in [4.69, 9.17) is 0 Å². The fourth-order valence-corrected chi connectivity index (χ4v) is 3.68. The van der Waals surface area contributed by atoms with Crippen LogP contribution in [0.3, 0.4) is 0 Å². The molecule has 0 bridgehead atoms. The second-order valence-electron chi connectivity index (χ2n) is 6.72. The summed E-state index contributed by atoms with van der Waals surface area (Å²) < 4.78 is 0. The zero-order valence-corrected chi connectivity index (χ0v) is 14.1. The Hall–Kier alpha value is -0.610. The molecule has 0 spiro atoms. The minimum atomic E-state index is 0.0588. The Kier molecular flexibility index (Phi) is 6.49. The van der Waals surface area contributed by atoms with Gasteiger partial charge in [-0.3, -0.25) is 15.0 Å². The van der Waals surface area contributed by atoms with Crippen LogP contribution in [-0.2, 0) is 4.79 Å². The van der Waals surface area contributed by atoms with Crippen LogP contribution in [0.15, 0.2) is 0 Å². The summed E-state index contributed by atoms with van der Waals surface area (Å²) in [4.78, 5) is 17.3. The predicted octanol–water partition coefficient (Wildman–Crippen LogP) is 2.59. The Morgan fingerprint density at radius 2 is 1.95 bits per heavy atom. The van der Waals surface area contributed by atoms with Gasteiger partial charge >= 0.3 is 0 Å². The molecule has 1 N–H and O–H groups in total. The fraction of sp³-hybridized carbons (Fsp3) is 0.941. The van der Waals surface area contributed by atoms with E-state index in [1.807, 2.05) is 0 Å². The molecule has 21 heavy (non-hydrogen) atoms. The molecule has 0 aromatic heterocycles. The van der Waals surface area contributed by atoms with E-state index < -0.39 is 0 Å². The van der Waals surface area contributed by atoms with Crippen LogP contribution in [0.1, 0.15) is 65.7 Å². The molecule has 2 saturated heterocycles. The largest absolute Gasteiger partial charge is 0.324 e. The van der Waals surface area contributed by atoms with Crippen molar-refractivity contribution in [3.63, 3.8) is 0 Å².